The van der Waals surface area contributed by atoms with Crippen molar-refractivity contribution in [3.63, 3.8) is 0 Å². The molecule has 0 aromatic rings. The van der Waals surface area contributed by atoms with Crippen LogP contribution in [0, 0.1) is 10.8 Å². The lowest BCUT2D eigenvalue weighted by atomic mass is 9.55. The topological polar surface area (TPSA) is 46.2 Å². The third-order valence-electron chi connectivity index (χ3n) is 4.33. The van der Waals surface area contributed by atoms with Crippen LogP contribution in [0.25, 0.3) is 0 Å². The second-order valence-electron chi connectivity index (χ2n) is 8.06. The molecule has 0 saturated heterocycles. The summed E-state index contributed by atoms with van der Waals surface area (Å²) in [6, 6.07) is 0. The van der Waals surface area contributed by atoms with Gasteiger partial charge in [-0.3, -0.25) is 0 Å². The second kappa shape index (κ2) is 4.24. The highest BCUT2D eigenvalue weighted by atomic mass is 16.3. The maximum Gasteiger partial charge on any atom is 0.0833 e. The van der Waals surface area contributed by atoms with Crippen molar-refractivity contribution in [3.05, 3.63) is 0 Å². The van der Waals surface area contributed by atoms with E-state index in [0.717, 1.165) is 32.1 Å². The van der Waals surface area contributed by atoms with Crippen molar-refractivity contribution in [2.24, 2.45) is 16.6 Å². The van der Waals surface area contributed by atoms with Crippen molar-refractivity contribution in [2.75, 3.05) is 0 Å². The van der Waals surface area contributed by atoms with Crippen molar-refractivity contribution in [1.82, 2.24) is 0 Å². The molecule has 1 aliphatic rings. The van der Waals surface area contributed by atoms with Gasteiger partial charge in [-0.2, -0.15) is 0 Å². The molecule has 0 bridgehead atoms. The zero-order chi connectivity index (χ0) is 13.5. The Morgan fingerprint density at radius 1 is 1.06 bits per heavy atom. The van der Waals surface area contributed by atoms with E-state index >= 15 is 0 Å². The van der Waals surface area contributed by atoms with E-state index in [0.29, 0.717) is 0 Å². The van der Waals surface area contributed by atoms with Gasteiger partial charge >= 0.3 is 0 Å². The SMILES string of the molecule is CCCC(C)(N)C1(O)CC(C)(C)CC(C)(C)C1. The van der Waals surface area contributed by atoms with Crippen LogP contribution in [0.4, 0.5) is 0 Å². The Labute approximate surface area is 107 Å². The summed E-state index contributed by atoms with van der Waals surface area (Å²) in [6.45, 7) is 13.2. The van der Waals surface area contributed by atoms with E-state index in [1.165, 1.54) is 0 Å². The van der Waals surface area contributed by atoms with Gasteiger partial charge in [0.1, 0.15) is 0 Å². The molecule has 0 heterocycles. The van der Waals surface area contributed by atoms with Crippen LogP contribution in [0.1, 0.15) is 73.6 Å². The lowest BCUT2D eigenvalue weighted by Gasteiger charge is -2.55. The smallest absolute Gasteiger partial charge is 0.0833 e. The Kier molecular flexibility index (Phi) is 3.73. The van der Waals surface area contributed by atoms with Crippen LogP contribution in [-0.2, 0) is 0 Å². The van der Waals surface area contributed by atoms with Crippen LogP contribution in [0.15, 0.2) is 0 Å². The highest BCUT2D eigenvalue weighted by Crippen LogP contribution is 2.53. The first-order valence-electron chi connectivity index (χ1n) is 6.94. The maximum absolute atomic E-state index is 11.1. The molecule has 2 heteroatoms. The Hall–Kier alpha value is -0.0800. The first-order chi connectivity index (χ1) is 7.43. The summed E-state index contributed by atoms with van der Waals surface area (Å²) in [7, 11) is 0. The van der Waals surface area contributed by atoms with Crippen molar-refractivity contribution < 1.29 is 5.11 Å². The number of aliphatic hydroxyl groups is 1. The molecule has 0 aromatic carbocycles. The summed E-state index contributed by atoms with van der Waals surface area (Å²) >= 11 is 0. The van der Waals surface area contributed by atoms with E-state index in [1.807, 2.05) is 6.92 Å². The maximum atomic E-state index is 11.1. The molecular formula is C15H31NO. The Balaban J connectivity index is 3.02. The standard InChI is InChI=1S/C15H31NO/c1-7-8-14(6,16)15(17)10-12(2,3)9-13(4,5)11-15/h17H,7-11,16H2,1-6H3. The molecule has 0 spiro atoms. The number of rotatable bonds is 3. The average molecular weight is 241 g/mol. The fraction of sp³-hybridized carbons (Fsp3) is 1.00. The molecule has 0 amide bonds. The van der Waals surface area contributed by atoms with Gasteiger partial charge in [0.05, 0.1) is 5.60 Å². The van der Waals surface area contributed by atoms with Crippen LogP contribution in [0.5, 0.6) is 0 Å². The van der Waals surface area contributed by atoms with Crippen molar-refractivity contribution >= 4 is 0 Å². The minimum Gasteiger partial charge on any atom is -0.388 e. The third-order valence-corrected chi connectivity index (χ3v) is 4.33. The Bertz CT molecular complexity index is 263. The molecule has 1 aliphatic carbocycles. The first kappa shape index (κ1) is 15.0. The van der Waals surface area contributed by atoms with Gasteiger partial charge in [0.15, 0.2) is 0 Å². The molecule has 1 rings (SSSR count). The molecule has 1 atom stereocenters. The van der Waals surface area contributed by atoms with Crippen LogP contribution in [0.2, 0.25) is 0 Å². The van der Waals surface area contributed by atoms with E-state index in [1.54, 1.807) is 0 Å². The zero-order valence-electron chi connectivity index (χ0n) is 12.6. The molecule has 1 unspecified atom stereocenters. The van der Waals surface area contributed by atoms with Crippen LogP contribution in [0.3, 0.4) is 0 Å². The molecule has 2 nitrogen and oxygen atoms in total. The monoisotopic (exact) mass is 241 g/mol. The van der Waals surface area contributed by atoms with Gasteiger partial charge in [-0.05, 0) is 43.4 Å². The normalized spacial score (nSPS) is 29.6. The molecule has 17 heavy (non-hydrogen) atoms. The lowest BCUT2D eigenvalue weighted by Crippen LogP contribution is -2.63. The summed E-state index contributed by atoms with van der Waals surface area (Å²) in [5, 5.41) is 11.1. The van der Waals surface area contributed by atoms with Gasteiger partial charge in [0, 0.05) is 5.54 Å². The molecule has 0 aliphatic heterocycles. The minimum absolute atomic E-state index is 0.171. The lowest BCUT2D eigenvalue weighted by molar-refractivity contribution is -0.129. The highest BCUT2D eigenvalue weighted by molar-refractivity contribution is 5.08. The summed E-state index contributed by atoms with van der Waals surface area (Å²) in [5.74, 6) is 0. The van der Waals surface area contributed by atoms with Crippen molar-refractivity contribution in [2.45, 2.75) is 84.8 Å². The Morgan fingerprint density at radius 3 is 1.82 bits per heavy atom. The summed E-state index contributed by atoms with van der Waals surface area (Å²) in [5.41, 5.74) is 5.57. The summed E-state index contributed by atoms with van der Waals surface area (Å²) in [6.07, 6.45) is 4.70. The summed E-state index contributed by atoms with van der Waals surface area (Å²) in [4.78, 5) is 0. The van der Waals surface area contributed by atoms with Crippen LogP contribution >= 0.6 is 0 Å². The largest absolute Gasteiger partial charge is 0.388 e. The van der Waals surface area contributed by atoms with Gasteiger partial charge < -0.3 is 10.8 Å². The fourth-order valence-corrected chi connectivity index (χ4v) is 4.22. The van der Waals surface area contributed by atoms with E-state index in [2.05, 4.69) is 34.6 Å². The highest BCUT2D eigenvalue weighted by Gasteiger charge is 2.53. The zero-order valence-corrected chi connectivity index (χ0v) is 12.6. The van der Waals surface area contributed by atoms with Gasteiger partial charge in [-0.1, -0.05) is 41.0 Å². The van der Waals surface area contributed by atoms with Gasteiger partial charge in [0.25, 0.3) is 0 Å². The van der Waals surface area contributed by atoms with Gasteiger partial charge in [-0.15, -0.1) is 0 Å². The number of hydrogen-bond donors (Lipinski definition) is 2. The first-order valence-corrected chi connectivity index (χ1v) is 6.94. The van der Waals surface area contributed by atoms with Crippen molar-refractivity contribution in [3.8, 4) is 0 Å². The molecule has 0 aromatic heterocycles. The number of hydrogen-bond acceptors (Lipinski definition) is 2. The average Bonchev–Trinajstić information content (AvgIpc) is 1.95. The molecule has 0 radical (unpaired) electrons. The van der Waals surface area contributed by atoms with Gasteiger partial charge in [0.2, 0.25) is 0 Å². The van der Waals surface area contributed by atoms with E-state index < -0.39 is 11.1 Å². The van der Waals surface area contributed by atoms with E-state index in [4.69, 9.17) is 5.73 Å². The predicted octanol–water partition coefficient (Wildman–Crippen LogP) is 3.47. The predicted molar refractivity (Wildman–Crippen MR) is 73.9 cm³/mol. The minimum atomic E-state index is -0.728. The van der Waals surface area contributed by atoms with Crippen LogP contribution in [-0.4, -0.2) is 16.2 Å². The number of nitrogens with two attached hydrogens (primary N) is 1. The quantitative estimate of drug-likeness (QED) is 0.794. The van der Waals surface area contributed by atoms with E-state index in [-0.39, 0.29) is 10.8 Å². The molecule has 1 fully saturated rings. The van der Waals surface area contributed by atoms with Crippen molar-refractivity contribution in [1.29, 1.82) is 0 Å². The molecular weight excluding hydrogens is 210 g/mol. The van der Waals surface area contributed by atoms with Crippen LogP contribution < -0.4 is 5.73 Å². The second-order valence-corrected chi connectivity index (χ2v) is 8.06. The third kappa shape index (κ3) is 3.23. The van der Waals surface area contributed by atoms with E-state index in [9.17, 15) is 5.11 Å². The Morgan fingerprint density at radius 2 is 1.47 bits per heavy atom. The summed E-state index contributed by atoms with van der Waals surface area (Å²) < 4.78 is 0. The molecule has 102 valence electrons. The molecule has 1 saturated carbocycles. The van der Waals surface area contributed by atoms with Gasteiger partial charge in [-0.25, -0.2) is 0 Å². The fourth-order valence-electron chi connectivity index (χ4n) is 4.22. The molecule has 3 N–H and O–H groups in total.